The molecule has 0 aromatic carbocycles. The van der Waals surface area contributed by atoms with Gasteiger partial charge in [-0.05, 0) is 39.7 Å². The minimum Gasteiger partial charge on any atom is -0.381 e. The fraction of sp³-hybridized carbons (Fsp3) is 0.800. The Kier molecular flexibility index (Phi) is 8.26. The number of ether oxygens (including phenoxy) is 1. The van der Waals surface area contributed by atoms with Crippen LogP contribution in [0.3, 0.4) is 0 Å². The largest absolute Gasteiger partial charge is 0.381 e. The number of rotatable bonds is 10. The van der Waals surface area contributed by atoms with Gasteiger partial charge in [-0.1, -0.05) is 13.8 Å². The molecule has 1 aromatic rings. The van der Waals surface area contributed by atoms with Crippen LogP contribution in [0.1, 0.15) is 48.7 Å². The quantitative estimate of drug-likeness (QED) is 0.668. The molecular formula is C15H28N2OS. The van der Waals surface area contributed by atoms with Gasteiger partial charge in [-0.15, -0.1) is 11.3 Å². The van der Waals surface area contributed by atoms with E-state index in [0.29, 0.717) is 6.04 Å². The lowest BCUT2D eigenvalue weighted by Crippen LogP contribution is -2.33. The van der Waals surface area contributed by atoms with Gasteiger partial charge in [0.1, 0.15) is 0 Å². The fourth-order valence-corrected chi connectivity index (χ4v) is 2.95. The molecule has 0 saturated carbocycles. The Hall–Kier alpha value is -0.450. The van der Waals surface area contributed by atoms with E-state index in [1.54, 1.807) is 0 Å². The van der Waals surface area contributed by atoms with Gasteiger partial charge in [0.15, 0.2) is 0 Å². The molecule has 0 fully saturated rings. The first-order valence-electron chi connectivity index (χ1n) is 7.41. The SMILES string of the molecule is CCCNC(CCOCCC)Cc1nc(C)c(C)s1. The van der Waals surface area contributed by atoms with Gasteiger partial charge in [0.2, 0.25) is 0 Å². The summed E-state index contributed by atoms with van der Waals surface area (Å²) < 4.78 is 5.60. The van der Waals surface area contributed by atoms with Crippen LogP contribution in [0.5, 0.6) is 0 Å². The number of hydrogen-bond acceptors (Lipinski definition) is 4. The van der Waals surface area contributed by atoms with Gasteiger partial charge in [-0.2, -0.15) is 0 Å². The van der Waals surface area contributed by atoms with Crippen LogP contribution in [0.4, 0.5) is 0 Å². The molecule has 4 heteroatoms. The molecule has 0 saturated heterocycles. The van der Waals surface area contributed by atoms with E-state index < -0.39 is 0 Å². The second-order valence-electron chi connectivity index (χ2n) is 5.01. The molecule has 0 aliphatic rings. The summed E-state index contributed by atoms with van der Waals surface area (Å²) in [7, 11) is 0. The molecule has 0 aliphatic heterocycles. The summed E-state index contributed by atoms with van der Waals surface area (Å²) in [5.74, 6) is 0. The summed E-state index contributed by atoms with van der Waals surface area (Å²) in [6, 6.07) is 0.488. The molecule has 0 aliphatic carbocycles. The highest BCUT2D eigenvalue weighted by atomic mass is 32.1. The van der Waals surface area contributed by atoms with Crippen molar-refractivity contribution in [2.24, 2.45) is 0 Å². The van der Waals surface area contributed by atoms with Crippen molar-refractivity contribution in [2.75, 3.05) is 19.8 Å². The minimum absolute atomic E-state index is 0.488. The summed E-state index contributed by atoms with van der Waals surface area (Å²) in [6.45, 7) is 11.4. The Morgan fingerprint density at radius 3 is 2.58 bits per heavy atom. The number of thiazole rings is 1. The van der Waals surface area contributed by atoms with Gasteiger partial charge in [-0.25, -0.2) is 4.98 Å². The van der Waals surface area contributed by atoms with E-state index in [4.69, 9.17) is 4.74 Å². The van der Waals surface area contributed by atoms with E-state index in [0.717, 1.165) is 39.0 Å². The first-order chi connectivity index (χ1) is 9.17. The summed E-state index contributed by atoms with van der Waals surface area (Å²) >= 11 is 1.83. The van der Waals surface area contributed by atoms with Gasteiger partial charge in [0, 0.05) is 30.6 Å². The van der Waals surface area contributed by atoms with Gasteiger partial charge >= 0.3 is 0 Å². The molecule has 1 aromatic heterocycles. The van der Waals surface area contributed by atoms with Crippen LogP contribution in [0.15, 0.2) is 0 Å². The zero-order valence-electron chi connectivity index (χ0n) is 12.8. The topological polar surface area (TPSA) is 34.1 Å². The normalized spacial score (nSPS) is 12.8. The second-order valence-corrected chi connectivity index (χ2v) is 6.29. The average molecular weight is 284 g/mol. The van der Waals surface area contributed by atoms with Crippen LogP contribution >= 0.6 is 11.3 Å². The standard InChI is InChI=1S/C15H28N2OS/c1-5-8-16-14(7-10-18-9-6-2)11-15-17-12(3)13(4)19-15/h14,16H,5-11H2,1-4H3. The average Bonchev–Trinajstić information content (AvgIpc) is 2.70. The number of aromatic nitrogens is 1. The Balaban J connectivity index is 2.43. The van der Waals surface area contributed by atoms with Crippen molar-refractivity contribution in [3.63, 3.8) is 0 Å². The first-order valence-corrected chi connectivity index (χ1v) is 8.23. The van der Waals surface area contributed by atoms with Crippen LogP contribution in [0.25, 0.3) is 0 Å². The van der Waals surface area contributed by atoms with Gasteiger partial charge in [-0.3, -0.25) is 0 Å². The predicted octanol–water partition coefficient (Wildman–Crippen LogP) is 3.49. The molecular weight excluding hydrogens is 256 g/mol. The Morgan fingerprint density at radius 2 is 2.00 bits per heavy atom. The maximum absolute atomic E-state index is 5.60. The molecule has 0 radical (unpaired) electrons. The zero-order valence-corrected chi connectivity index (χ0v) is 13.6. The van der Waals surface area contributed by atoms with E-state index in [9.17, 15) is 0 Å². The highest BCUT2D eigenvalue weighted by molar-refractivity contribution is 7.11. The van der Waals surface area contributed by atoms with E-state index in [1.165, 1.54) is 22.0 Å². The van der Waals surface area contributed by atoms with Crippen molar-refractivity contribution in [2.45, 2.75) is 59.4 Å². The smallest absolute Gasteiger partial charge is 0.0946 e. The van der Waals surface area contributed by atoms with Crippen LogP contribution in [-0.4, -0.2) is 30.8 Å². The fourth-order valence-electron chi connectivity index (χ4n) is 1.93. The third kappa shape index (κ3) is 6.50. The first kappa shape index (κ1) is 16.6. The Bertz CT molecular complexity index is 332. The summed E-state index contributed by atoms with van der Waals surface area (Å²) in [4.78, 5) is 5.98. The molecule has 1 N–H and O–H groups in total. The molecule has 1 unspecified atom stereocenters. The highest BCUT2D eigenvalue weighted by Gasteiger charge is 2.12. The molecule has 3 nitrogen and oxygen atoms in total. The van der Waals surface area contributed by atoms with E-state index in [2.05, 4.69) is 38.0 Å². The molecule has 0 bridgehead atoms. The lowest BCUT2D eigenvalue weighted by Gasteiger charge is -2.17. The number of hydrogen-bond donors (Lipinski definition) is 1. The van der Waals surface area contributed by atoms with Crippen molar-refractivity contribution in [1.82, 2.24) is 10.3 Å². The van der Waals surface area contributed by atoms with Gasteiger partial charge < -0.3 is 10.1 Å². The molecule has 110 valence electrons. The minimum atomic E-state index is 0.488. The number of nitrogens with one attached hydrogen (secondary N) is 1. The summed E-state index contributed by atoms with van der Waals surface area (Å²) in [5, 5.41) is 4.86. The molecule has 1 heterocycles. The summed E-state index contributed by atoms with van der Waals surface area (Å²) in [5.41, 5.74) is 1.18. The predicted molar refractivity (Wildman–Crippen MR) is 83.1 cm³/mol. The van der Waals surface area contributed by atoms with E-state index >= 15 is 0 Å². The number of nitrogens with zero attached hydrogens (tertiary/aromatic N) is 1. The van der Waals surface area contributed by atoms with Crippen molar-refractivity contribution < 1.29 is 4.74 Å². The molecule has 1 rings (SSSR count). The third-order valence-electron chi connectivity index (χ3n) is 3.14. The molecule has 0 amide bonds. The van der Waals surface area contributed by atoms with Gasteiger partial charge in [0.25, 0.3) is 0 Å². The van der Waals surface area contributed by atoms with Crippen molar-refractivity contribution in [3.05, 3.63) is 15.6 Å². The number of aryl methyl sites for hydroxylation is 2. The zero-order chi connectivity index (χ0) is 14.1. The Morgan fingerprint density at radius 1 is 1.21 bits per heavy atom. The lowest BCUT2D eigenvalue weighted by atomic mass is 10.1. The van der Waals surface area contributed by atoms with Crippen molar-refractivity contribution >= 4 is 11.3 Å². The van der Waals surface area contributed by atoms with E-state index in [1.807, 2.05) is 11.3 Å². The maximum Gasteiger partial charge on any atom is 0.0946 e. The van der Waals surface area contributed by atoms with Crippen LogP contribution in [0.2, 0.25) is 0 Å². The van der Waals surface area contributed by atoms with Gasteiger partial charge in [0.05, 0.1) is 10.7 Å². The molecule has 1 atom stereocenters. The van der Waals surface area contributed by atoms with Crippen LogP contribution < -0.4 is 5.32 Å². The van der Waals surface area contributed by atoms with Crippen molar-refractivity contribution in [3.8, 4) is 0 Å². The van der Waals surface area contributed by atoms with Crippen molar-refractivity contribution in [1.29, 1.82) is 0 Å². The van der Waals surface area contributed by atoms with E-state index in [-0.39, 0.29) is 0 Å². The Labute approximate surface area is 121 Å². The monoisotopic (exact) mass is 284 g/mol. The second kappa shape index (κ2) is 9.45. The molecule has 0 spiro atoms. The lowest BCUT2D eigenvalue weighted by molar-refractivity contribution is 0.124. The summed E-state index contributed by atoms with van der Waals surface area (Å²) in [6.07, 6.45) is 4.35. The third-order valence-corrected chi connectivity index (χ3v) is 4.23. The maximum atomic E-state index is 5.60. The highest BCUT2D eigenvalue weighted by Crippen LogP contribution is 2.18. The van der Waals surface area contributed by atoms with Crippen LogP contribution in [-0.2, 0) is 11.2 Å². The van der Waals surface area contributed by atoms with Crippen LogP contribution in [0, 0.1) is 13.8 Å². The molecule has 19 heavy (non-hydrogen) atoms.